The van der Waals surface area contributed by atoms with E-state index < -0.39 is 5.82 Å². The number of likely N-dealkylation sites (tertiary alicyclic amines) is 1. The summed E-state index contributed by atoms with van der Waals surface area (Å²) in [5.41, 5.74) is 0.306. The van der Waals surface area contributed by atoms with Crippen molar-refractivity contribution >= 4 is 28.8 Å². The van der Waals surface area contributed by atoms with Gasteiger partial charge in [0, 0.05) is 11.4 Å². The molecule has 1 aliphatic rings. The molecule has 3 rings (SSSR count). The van der Waals surface area contributed by atoms with Gasteiger partial charge in [0.1, 0.15) is 5.82 Å². The van der Waals surface area contributed by atoms with Crippen molar-refractivity contribution in [3.8, 4) is 0 Å². The van der Waals surface area contributed by atoms with Crippen molar-refractivity contribution in [1.82, 2.24) is 10.2 Å². The zero-order valence-corrected chi connectivity index (χ0v) is 15.7. The molecule has 0 aliphatic carbocycles. The molecule has 2 heterocycles. The van der Waals surface area contributed by atoms with Crippen LogP contribution in [0.15, 0.2) is 35.7 Å². The molecule has 25 heavy (non-hydrogen) atoms. The molecule has 1 amide bonds. The molecule has 134 valence electrons. The van der Waals surface area contributed by atoms with Crippen LogP contribution in [0.3, 0.4) is 0 Å². The van der Waals surface area contributed by atoms with Crippen LogP contribution in [0.4, 0.5) is 4.39 Å². The SMILES string of the molecule is CC1CCN(C(CNC(=O)c2ccc(F)cc2Cl)c2cccs2)CC1. The fourth-order valence-electron chi connectivity index (χ4n) is 3.19. The van der Waals surface area contributed by atoms with Crippen LogP contribution >= 0.6 is 22.9 Å². The second-order valence-electron chi connectivity index (χ2n) is 6.58. The summed E-state index contributed by atoms with van der Waals surface area (Å²) < 4.78 is 13.2. The molecular weight excluding hydrogens is 359 g/mol. The van der Waals surface area contributed by atoms with Crippen LogP contribution in [0, 0.1) is 11.7 Å². The molecule has 1 fully saturated rings. The molecule has 0 spiro atoms. The number of halogens is 2. The van der Waals surface area contributed by atoms with Crippen LogP contribution in [0.1, 0.15) is 41.0 Å². The van der Waals surface area contributed by atoms with Gasteiger partial charge >= 0.3 is 0 Å². The Bertz CT molecular complexity index is 714. The zero-order chi connectivity index (χ0) is 17.8. The van der Waals surface area contributed by atoms with Gasteiger partial charge in [0.15, 0.2) is 0 Å². The van der Waals surface area contributed by atoms with Crippen LogP contribution in [-0.4, -0.2) is 30.4 Å². The first-order valence-corrected chi connectivity index (χ1v) is 9.81. The van der Waals surface area contributed by atoms with Crippen molar-refractivity contribution in [3.05, 3.63) is 57.0 Å². The number of nitrogens with one attached hydrogen (secondary N) is 1. The number of carbonyl (C=O) groups excluding carboxylic acids is 1. The summed E-state index contributed by atoms with van der Waals surface area (Å²) in [6.07, 6.45) is 2.36. The number of piperidine rings is 1. The highest BCUT2D eigenvalue weighted by Crippen LogP contribution is 2.29. The molecule has 6 heteroatoms. The Kier molecular flexibility index (Phi) is 6.10. The largest absolute Gasteiger partial charge is 0.350 e. The summed E-state index contributed by atoms with van der Waals surface area (Å²) in [7, 11) is 0. The number of hydrogen-bond donors (Lipinski definition) is 1. The third-order valence-corrected chi connectivity index (χ3v) is 6.05. The first kappa shape index (κ1) is 18.4. The maximum atomic E-state index is 13.2. The van der Waals surface area contributed by atoms with E-state index in [1.54, 1.807) is 11.3 Å². The molecule has 1 atom stereocenters. The van der Waals surface area contributed by atoms with E-state index in [1.807, 2.05) is 6.07 Å². The quantitative estimate of drug-likeness (QED) is 0.812. The Labute approximate surface area is 156 Å². The molecule has 3 nitrogen and oxygen atoms in total. The van der Waals surface area contributed by atoms with E-state index in [4.69, 9.17) is 11.6 Å². The van der Waals surface area contributed by atoms with Gasteiger partial charge < -0.3 is 5.32 Å². The van der Waals surface area contributed by atoms with Crippen molar-refractivity contribution in [2.45, 2.75) is 25.8 Å². The molecule has 0 saturated carbocycles. The molecule has 2 aromatic rings. The predicted octanol–water partition coefficient (Wildman–Crippen LogP) is 4.74. The number of thiophene rings is 1. The molecule has 1 aromatic carbocycles. The van der Waals surface area contributed by atoms with Gasteiger partial charge in [-0.1, -0.05) is 24.6 Å². The Morgan fingerprint density at radius 1 is 1.40 bits per heavy atom. The third kappa shape index (κ3) is 4.60. The highest BCUT2D eigenvalue weighted by molar-refractivity contribution is 7.10. The lowest BCUT2D eigenvalue weighted by atomic mass is 9.97. The molecule has 1 aromatic heterocycles. The van der Waals surface area contributed by atoms with E-state index in [1.165, 1.54) is 35.9 Å². The van der Waals surface area contributed by atoms with Crippen molar-refractivity contribution in [2.75, 3.05) is 19.6 Å². The van der Waals surface area contributed by atoms with Gasteiger partial charge in [-0.3, -0.25) is 9.69 Å². The van der Waals surface area contributed by atoms with Gasteiger partial charge in [-0.15, -0.1) is 11.3 Å². The number of hydrogen-bond acceptors (Lipinski definition) is 3. The first-order valence-electron chi connectivity index (χ1n) is 8.55. The zero-order valence-electron chi connectivity index (χ0n) is 14.2. The fourth-order valence-corrected chi connectivity index (χ4v) is 4.30. The summed E-state index contributed by atoms with van der Waals surface area (Å²) in [5, 5.41) is 5.17. The van der Waals surface area contributed by atoms with Crippen LogP contribution in [-0.2, 0) is 0 Å². The van der Waals surface area contributed by atoms with E-state index in [-0.39, 0.29) is 17.0 Å². The lowest BCUT2D eigenvalue weighted by Gasteiger charge is -2.36. The average Bonchev–Trinajstić information content (AvgIpc) is 3.10. The topological polar surface area (TPSA) is 32.3 Å². The van der Waals surface area contributed by atoms with E-state index in [2.05, 4.69) is 28.6 Å². The Balaban J connectivity index is 1.69. The average molecular weight is 381 g/mol. The standard InChI is InChI=1S/C19H22ClFN2OS/c1-13-6-8-23(9-7-13)17(18-3-2-10-25-18)12-22-19(24)15-5-4-14(21)11-16(15)20/h2-5,10-11,13,17H,6-9,12H2,1H3,(H,22,24). The fraction of sp³-hybridized carbons (Fsp3) is 0.421. The van der Waals surface area contributed by atoms with Crippen molar-refractivity contribution < 1.29 is 9.18 Å². The van der Waals surface area contributed by atoms with E-state index in [0.717, 1.165) is 19.0 Å². The van der Waals surface area contributed by atoms with E-state index >= 15 is 0 Å². The summed E-state index contributed by atoms with van der Waals surface area (Å²) in [4.78, 5) is 16.1. The molecule has 1 aliphatic heterocycles. The van der Waals surface area contributed by atoms with Gasteiger partial charge in [-0.2, -0.15) is 0 Å². The normalized spacial score (nSPS) is 17.4. The monoisotopic (exact) mass is 380 g/mol. The minimum Gasteiger partial charge on any atom is -0.350 e. The molecular formula is C19H22ClFN2OS. The van der Waals surface area contributed by atoms with Gasteiger partial charge in [0.25, 0.3) is 5.91 Å². The van der Waals surface area contributed by atoms with E-state index in [0.29, 0.717) is 12.1 Å². The summed E-state index contributed by atoms with van der Waals surface area (Å²) in [5.74, 6) is 0.0465. The van der Waals surface area contributed by atoms with Gasteiger partial charge in [0.05, 0.1) is 16.6 Å². The Morgan fingerprint density at radius 2 is 2.16 bits per heavy atom. The second-order valence-corrected chi connectivity index (χ2v) is 7.97. The van der Waals surface area contributed by atoms with Crippen LogP contribution in [0.2, 0.25) is 5.02 Å². The van der Waals surface area contributed by atoms with Gasteiger partial charge in [0.2, 0.25) is 0 Å². The highest BCUT2D eigenvalue weighted by Gasteiger charge is 2.26. The molecule has 1 unspecified atom stereocenters. The van der Waals surface area contributed by atoms with Crippen molar-refractivity contribution in [3.63, 3.8) is 0 Å². The molecule has 0 bridgehead atoms. The van der Waals surface area contributed by atoms with Crippen LogP contribution in [0.5, 0.6) is 0 Å². The summed E-state index contributed by atoms with van der Waals surface area (Å²) in [6.45, 7) is 4.88. The first-order chi connectivity index (χ1) is 12.0. The van der Waals surface area contributed by atoms with Crippen LogP contribution < -0.4 is 5.32 Å². The smallest absolute Gasteiger partial charge is 0.252 e. The third-order valence-electron chi connectivity index (χ3n) is 4.76. The lowest BCUT2D eigenvalue weighted by molar-refractivity contribution is 0.0915. The van der Waals surface area contributed by atoms with E-state index in [9.17, 15) is 9.18 Å². The maximum Gasteiger partial charge on any atom is 0.252 e. The minimum atomic E-state index is -0.444. The summed E-state index contributed by atoms with van der Waals surface area (Å²) >= 11 is 7.70. The molecule has 0 radical (unpaired) electrons. The number of rotatable bonds is 5. The number of amides is 1. The number of carbonyl (C=O) groups is 1. The summed E-state index contributed by atoms with van der Waals surface area (Å²) in [6, 6.07) is 8.16. The Hall–Kier alpha value is -1.43. The second kappa shape index (κ2) is 8.30. The van der Waals surface area contributed by atoms with Gasteiger partial charge in [-0.25, -0.2) is 4.39 Å². The number of nitrogens with zero attached hydrogens (tertiary/aromatic N) is 1. The van der Waals surface area contributed by atoms with Crippen molar-refractivity contribution in [1.29, 1.82) is 0 Å². The minimum absolute atomic E-state index is 0.136. The lowest BCUT2D eigenvalue weighted by Crippen LogP contribution is -2.41. The predicted molar refractivity (Wildman–Crippen MR) is 101 cm³/mol. The molecule has 1 N–H and O–H groups in total. The Morgan fingerprint density at radius 3 is 2.80 bits per heavy atom. The molecule has 1 saturated heterocycles. The van der Waals surface area contributed by atoms with Gasteiger partial charge in [-0.05, 0) is 61.5 Å². The van der Waals surface area contributed by atoms with Crippen molar-refractivity contribution in [2.24, 2.45) is 5.92 Å². The van der Waals surface area contributed by atoms with Crippen LogP contribution in [0.25, 0.3) is 0 Å². The highest BCUT2D eigenvalue weighted by atomic mass is 35.5. The number of benzene rings is 1. The maximum absolute atomic E-state index is 13.2.